The third-order valence-corrected chi connectivity index (χ3v) is 13.7. The van der Waals surface area contributed by atoms with Crippen LogP contribution in [-0.4, -0.2) is 104 Å². The molecule has 0 saturated carbocycles. The van der Waals surface area contributed by atoms with Gasteiger partial charge in [0.2, 0.25) is 23.2 Å². The maximum atomic E-state index is 15.0. The highest BCUT2D eigenvalue weighted by Gasteiger charge is 2.32. The van der Waals surface area contributed by atoms with E-state index in [-0.39, 0.29) is 42.6 Å². The lowest BCUT2D eigenvalue weighted by Crippen LogP contribution is -2.38. The lowest BCUT2D eigenvalue weighted by molar-refractivity contribution is 0.0574. The van der Waals surface area contributed by atoms with Crippen LogP contribution in [0.2, 0.25) is 0 Å². The van der Waals surface area contributed by atoms with E-state index in [9.17, 15) is 9.18 Å². The summed E-state index contributed by atoms with van der Waals surface area (Å²) in [6, 6.07) is 9.67. The second kappa shape index (κ2) is 22.5. The van der Waals surface area contributed by atoms with Gasteiger partial charge in [-0.3, -0.25) is 18.6 Å². The highest BCUT2D eigenvalue weighted by atomic mass is 79.9. The molecule has 0 bridgehead atoms. The van der Waals surface area contributed by atoms with Crippen molar-refractivity contribution in [2.75, 3.05) is 42.0 Å². The van der Waals surface area contributed by atoms with Gasteiger partial charge in [-0.25, -0.2) is 28.4 Å². The number of H-pyrrole nitrogens is 1. The van der Waals surface area contributed by atoms with Crippen LogP contribution >= 0.6 is 15.9 Å². The van der Waals surface area contributed by atoms with Gasteiger partial charge in [0.05, 0.1) is 61.0 Å². The minimum Gasteiger partial charge on any atom is -0.493 e. The predicted octanol–water partition coefficient (Wildman–Crippen LogP) is 10.3. The molecule has 12 rings (SSSR count). The molecule has 6 aromatic heterocycles. The predicted molar refractivity (Wildman–Crippen MR) is 280 cm³/mol. The van der Waals surface area contributed by atoms with Gasteiger partial charge in [-0.15, -0.1) is 0 Å². The first-order valence-electron chi connectivity index (χ1n) is 24.8. The van der Waals surface area contributed by atoms with Gasteiger partial charge in [0, 0.05) is 97.4 Å². The Labute approximate surface area is 444 Å². The Bertz CT molecular complexity index is 3480. The van der Waals surface area contributed by atoms with Gasteiger partial charge < -0.3 is 38.7 Å². The van der Waals surface area contributed by atoms with Crippen molar-refractivity contribution in [1.29, 1.82) is 0 Å². The minimum absolute atomic E-state index is 0.115. The van der Waals surface area contributed by atoms with Crippen LogP contribution in [0.25, 0.3) is 43.5 Å². The Balaban J connectivity index is 0.000000153. The van der Waals surface area contributed by atoms with Gasteiger partial charge in [-0.05, 0) is 82.9 Å². The number of carbonyl (C=O) groups excluding carboxylic acids is 1. The molecule has 392 valence electrons. The van der Waals surface area contributed by atoms with E-state index < -0.39 is 17.5 Å². The molecule has 0 radical (unpaired) electrons. The van der Waals surface area contributed by atoms with Crippen LogP contribution in [-0.2, 0) is 46.7 Å². The number of aromatic amines is 1. The number of fused-ring (bicyclic) bond motifs is 4. The van der Waals surface area contributed by atoms with E-state index in [0.29, 0.717) is 101 Å². The maximum Gasteiger partial charge on any atom is 0.417 e. The van der Waals surface area contributed by atoms with Gasteiger partial charge in [-0.2, -0.15) is 10.2 Å². The highest BCUT2D eigenvalue weighted by molar-refractivity contribution is 9.09. The second-order valence-electron chi connectivity index (χ2n) is 19.2. The fourth-order valence-corrected chi connectivity index (χ4v) is 9.87. The second-order valence-corrected chi connectivity index (χ2v) is 19.9. The van der Waals surface area contributed by atoms with Crippen molar-refractivity contribution in [3.8, 4) is 34.0 Å². The molecule has 0 spiro atoms. The molecule has 76 heavy (non-hydrogen) atoms. The number of aromatic nitrogens is 10. The largest absolute Gasteiger partial charge is 0.493 e. The van der Waals surface area contributed by atoms with Crippen molar-refractivity contribution in [3.63, 3.8) is 0 Å². The Hall–Kier alpha value is -7.99. The Morgan fingerprint density at radius 1 is 0.855 bits per heavy atom. The van der Waals surface area contributed by atoms with Crippen molar-refractivity contribution in [2.24, 2.45) is 0 Å². The monoisotopic (exact) mass is 1100 g/mol. The molecule has 2 aromatic carbocycles. The number of nitrogens with one attached hydrogen (secondary N) is 2. The first-order chi connectivity index (χ1) is 36.9. The van der Waals surface area contributed by atoms with E-state index in [0.717, 1.165) is 42.7 Å². The van der Waals surface area contributed by atoms with Crippen LogP contribution in [0, 0.1) is 24.8 Å². The fraction of sp³-hybridized carbons (Fsp3) is 0.377. The van der Waals surface area contributed by atoms with E-state index in [1.165, 1.54) is 46.7 Å². The Morgan fingerprint density at radius 2 is 1.50 bits per heavy atom. The SMILES string of the molecule is BrCC1CCCO1.[C-]#[N+]c1cn2c(N(Cc3c(F)ccc4c3CCO4)C(=O)OC(C)(C)C)ncc(-c3ccn[nH]3)c2n1.[C-]#[N+]c1cn2c(NCc3c(F)ccc4c3CCO4)ncc(-c3ccn(CC4CCCO4)n3)c2n1. The van der Waals surface area contributed by atoms with Gasteiger partial charge in [0.15, 0.2) is 0 Å². The lowest BCUT2D eigenvalue weighted by atomic mass is 10.0. The molecule has 0 aliphatic carbocycles. The van der Waals surface area contributed by atoms with E-state index >= 15 is 4.39 Å². The smallest absolute Gasteiger partial charge is 0.417 e. The normalized spacial score (nSPS) is 16.4. The highest BCUT2D eigenvalue weighted by Crippen LogP contribution is 2.35. The molecule has 8 aromatic rings. The molecule has 1 amide bonds. The zero-order valence-corrected chi connectivity index (χ0v) is 43.5. The van der Waals surface area contributed by atoms with Crippen molar-refractivity contribution < 1.29 is 37.3 Å². The average Bonchev–Trinajstić information content (AvgIpc) is 4.28. The number of rotatable bonds is 11. The summed E-state index contributed by atoms with van der Waals surface area (Å²) >= 11 is 3.35. The Morgan fingerprint density at radius 3 is 2.12 bits per heavy atom. The van der Waals surface area contributed by atoms with Crippen LogP contribution in [0.1, 0.15) is 68.7 Å². The number of carbonyl (C=O) groups is 1. The quantitative estimate of drug-likeness (QED) is 0.0919. The van der Waals surface area contributed by atoms with Crippen LogP contribution < -0.4 is 19.7 Å². The van der Waals surface area contributed by atoms with Crippen LogP contribution in [0.4, 0.5) is 37.1 Å². The van der Waals surface area contributed by atoms with Crippen LogP contribution in [0.3, 0.4) is 0 Å². The number of anilines is 2. The fourth-order valence-electron chi connectivity index (χ4n) is 9.35. The number of benzene rings is 2. The minimum atomic E-state index is -0.804. The van der Waals surface area contributed by atoms with Gasteiger partial charge >= 0.3 is 6.09 Å². The summed E-state index contributed by atoms with van der Waals surface area (Å²) in [5.41, 5.74) is 5.28. The zero-order chi connectivity index (χ0) is 52.9. The summed E-state index contributed by atoms with van der Waals surface area (Å²) in [6.07, 6.45) is 15.6. The standard InChI is InChI=1S/C24H22FN7O3.C24H22FN7O2.C5H9BrO/c1-24(2,3)35-23(33)32(12-16-14-8-10-34-19(14)6-5-17(16)25)22-27-11-15(18-7-9-28-30-18)21-29-20(26-4)13-31(21)22;1-26-22-14-32-23(29-22)18(20-6-8-31(30-20)13-15-3-2-9-33-15)12-28-24(32)27-11-17-16-7-10-34-21(16)5-4-19(17)25;6-4-5-2-1-3-7-5/h5-7,9,11,13H,8,10,12H2,1-3H3,(H,28,30);4-6,8,12,14-15H,2-3,7,9-11,13H2,(H,27,28);5H,1-4H2. The van der Waals surface area contributed by atoms with Crippen molar-refractivity contribution in [3.05, 3.63) is 130 Å². The summed E-state index contributed by atoms with van der Waals surface area (Å²) in [5.74, 6) is 1.54. The number of amides is 1. The molecule has 2 saturated heterocycles. The van der Waals surface area contributed by atoms with Gasteiger partial charge in [-0.1, -0.05) is 39.0 Å². The number of nitrogens with zero attached hydrogens (tertiary/aromatic N) is 12. The van der Waals surface area contributed by atoms with E-state index in [4.69, 9.17) is 36.8 Å². The van der Waals surface area contributed by atoms with Gasteiger partial charge in [0.1, 0.15) is 28.7 Å². The first kappa shape index (κ1) is 51.5. The summed E-state index contributed by atoms with van der Waals surface area (Å²) in [5, 5.41) is 15.7. The molecule has 4 aliphatic rings. The molecular formula is C53H53BrF2N14O6. The number of imidazole rings is 2. The third kappa shape index (κ3) is 11.2. The molecule has 4 aliphatic heterocycles. The van der Waals surface area contributed by atoms with Gasteiger partial charge in [0.25, 0.3) is 11.6 Å². The first-order valence-corrected chi connectivity index (χ1v) is 25.9. The number of hydrogen-bond acceptors (Lipinski definition) is 13. The maximum absolute atomic E-state index is 15.0. The molecule has 10 heterocycles. The molecule has 2 atom stereocenters. The molecular weight excluding hydrogens is 1050 g/mol. The van der Waals surface area contributed by atoms with Crippen LogP contribution in [0.5, 0.6) is 11.5 Å². The topological polar surface area (TPSA) is 194 Å². The van der Waals surface area contributed by atoms with Crippen molar-refractivity contribution in [1.82, 2.24) is 48.7 Å². The summed E-state index contributed by atoms with van der Waals surface area (Å²) in [6.45, 7) is 23.6. The number of halogens is 3. The summed E-state index contributed by atoms with van der Waals surface area (Å²) in [4.78, 5) is 39.5. The number of ether oxygens (including phenoxy) is 5. The number of hydrogen-bond donors (Lipinski definition) is 2. The summed E-state index contributed by atoms with van der Waals surface area (Å²) in [7, 11) is 0. The average molecular weight is 1100 g/mol. The zero-order valence-electron chi connectivity index (χ0n) is 41.9. The molecule has 2 fully saturated rings. The van der Waals surface area contributed by atoms with E-state index in [1.54, 1.807) is 62.0 Å². The summed E-state index contributed by atoms with van der Waals surface area (Å²) < 4.78 is 62.5. The molecule has 20 nitrogen and oxygen atoms in total. The van der Waals surface area contributed by atoms with Crippen molar-refractivity contribution in [2.45, 2.75) is 96.7 Å². The van der Waals surface area contributed by atoms with Crippen molar-refractivity contribution >= 4 is 56.8 Å². The molecule has 2 unspecified atom stereocenters. The number of alkyl halides is 1. The Kier molecular flexibility index (Phi) is 15.2. The van der Waals surface area contributed by atoms with E-state index in [2.05, 4.69) is 66.2 Å². The van der Waals surface area contributed by atoms with Crippen LogP contribution in [0.15, 0.2) is 73.6 Å². The lowest BCUT2D eigenvalue weighted by Gasteiger charge is -2.27. The third-order valence-electron chi connectivity index (χ3n) is 13.0. The molecule has 2 N–H and O–H groups in total. The molecule has 23 heteroatoms. The van der Waals surface area contributed by atoms with E-state index in [1.807, 2.05) is 16.9 Å².